The van der Waals surface area contributed by atoms with Crippen LogP contribution in [0.2, 0.25) is 0 Å². The molecule has 0 saturated heterocycles. The molecule has 0 radical (unpaired) electrons. The van der Waals surface area contributed by atoms with E-state index in [9.17, 15) is 23.1 Å². The van der Waals surface area contributed by atoms with Crippen molar-refractivity contribution in [1.82, 2.24) is 4.90 Å². The maximum absolute atomic E-state index is 13.1. The SMILES string of the molecule is Cc1ccc(S(C)(=O)=O)cc1C(=O)N1Cc2ccccc2CC1C(=O)O. The van der Waals surface area contributed by atoms with Crippen LogP contribution in [-0.4, -0.2) is 42.6 Å². The predicted octanol–water partition coefficient (Wildman–Crippen LogP) is 2.05. The quantitative estimate of drug-likeness (QED) is 0.889. The van der Waals surface area contributed by atoms with E-state index < -0.39 is 27.8 Å². The van der Waals surface area contributed by atoms with Crippen LogP contribution >= 0.6 is 0 Å². The lowest BCUT2D eigenvalue weighted by molar-refractivity contribution is -0.142. The second-order valence-corrected chi connectivity index (χ2v) is 8.52. The molecule has 1 amide bonds. The summed E-state index contributed by atoms with van der Waals surface area (Å²) in [4.78, 5) is 26.2. The lowest BCUT2D eigenvalue weighted by Gasteiger charge is -2.34. The van der Waals surface area contributed by atoms with Gasteiger partial charge in [-0.25, -0.2) is 13.2 Å². The molecule has 0 fully saturated rings. The summed E-state index contributed by atoms with van der Waals surface area (Å²) in [7, 11) is -3.47. The fourth-order valence-electron chi connectivity index (χ4n) is 3.17. The van der Waals surface area contributed by atoms with Crippen molar-refractivity contribution in [3.8, 4) is 0 Å². The molecule has 0 spiro atoms. The lowest BCUT2D eigenvalue weighted by atomic mass is 9.93. The molecular formula is C19H19NO5S. The molecule has 1 unspecified atom stereocenters. The van der Waals surface area contributed by atoms with E-state index in [0.717, 1.165) is 17.4 Å². The van der Waals surface area contributed by atoms with Crippen LogP contribution in [0.5, 0.6) is 0 Å². The van der Waals surface area contributed by atoms with Gasteiger partial charge in [-0.15, -0.1) is 0 Å². The van der Waals surface area contributed by atoms with Gasteiger partial charge in [0.2, 0.25) is 0 Å². The zero-order valence-corrected chi connectivity index (χ0v) is 15.3. The number of hydrogen-bond acceptors (Lipinski definition) is 4. The van der Waals surface area contributed by atoms with E-state index in [0.29, 0.717) is 5.56 Å². The molecule has 136 valence electrons. The Morgan fingerprint density at radius 1 is 1.12 bits per heavy atom. The first kappa shape index (κ1) is 18.1. The Morgan fingerprint density at radius 2 is 1.77 bits per heavy atom. The normalized spacial score (nSPS) is 16.8. The van der Waals surface area contributed by atoms with Crippen LogP contribution in [0.4, 0.5) is 0 Å². The van der Waals surface area contributed by atoms with Crippen LogP contribution in [0.3, 0.4) is 0 Å². The van der Waals surface area contributed by atoms with Crippen molar-refractivity contribution in [2.24, 2.45) is 0 Å². The molecule has 0 saturated carbocycles. The van der Waals surface area contributed by atoms with Gasteiger partial charge in [0.25, 0.3) is 5.91 Å². The number of carboxylic acids is 1. The summed E-state index contributed by atoms with van der Waals surface area (Å²) >= 11 is 0. The topological polar surface area (TPSA) is 91.8 Å². The standard InChI is InChI=1S/C19H19NO5S/c1-12-7-8-15(26(2,24)25)10-16(12)18(21)20-11-14-6-4-3-5-13(14)9-17(20)19(22)23/h3-8,10,17H,9,11H2,1-2H3,(H,22,23). The zero-order valence-electron chi connectivity index (χ0n) is 14.5. The third-order valence-corrected chi connectivity index (χ3v) is 5.77. The van der Waals surface area contributed by atoms with Crippen molar-refractivity contribution >= 4 is 21.7 Å². The number of benzene rings is 2. The Morgan fingerprint density at radius 3 is 2.38 bits per heavy atom. The molecule has 0 aliphatic carbocycles. The van der Waals surface area contributed by atoms with E-state index in [1.807, 2.05) is 24.3 Å². The molecule has 0 aromatic heterocycles. The van der Waals surface area contributed by atoms with Gasteiger partial charge in [-0.3, -0.25) is 4.79 Å². The number of sulfone groups is 1. The van der Waals surface area contributed by atoms with E-state index in [4.69, 9.17) is 0 Å². The highest BCUT2D eigenvalue weighted by Crippen LogP contribution is 2.27. The average molecular weight is 373 g/mol. The van der Waals surface area contributed by atoms with Crippen molar-refractivity contribution in [3.63, 3.8) is 0 Å². The molecule has 26 heavy (non-hydrogen) atoms. The Kier molecular flexibility index (Phi) is 4.58. The minimum absolute atomic E-state index is 0.0377. The number of aliphatic carboxylic acids is 1. The maximum Gasteiger partial charge on any atom is 0.326 e. The molecule has 2 aromatic carbocycles. The molecule has 0 bridgehead atoms. The number of aryl methyl sites for hydroxylation is 1. The van der Waals surface area contributed by atoms with Gasteiger partial charge >= 0.3 is 5.97 Å². The molecule has 1 N–H and O–H groups in total. The van der Waals surface area contributed by atoms with Gasteiger partial charge in [-0.1, -0.05) is 30.3 Å². The molecule has 1 heterocycles. The molecule has 1 atom stereocenters. The monoisotopic (exact) mass is 373 g/mol. The lowest BCUT2D eigenvalue weighted by Crippen LogP contribution is -2.48. The van der Waals surface area contributed by atoms with Gasteiger partial charge in [0.05, 0.1) is 4.90 Å². The molecule has 1 aliphatic heterocycles. The van der Waals surface area contributed by atoms with Crippen molar-refractivity contribution in [2.75, 3.05) is 6.26 Å². The summed E-state index contributed by atoms with van der Waals surface area (Å²) < 4.78 is 23.6. The van der Waals surface area contributed by atoms with E-state index >= 15 is 0 Å². The number of amides is 1. The summed E-state index contributed by atoms with van der Waals surface area (Å²) in [5.41, 5.74) is 2.62. The third-order valence-electron chi connectivity index (χ3n) is 4.66. The fraction of sp³-hybridized carbons (Fsp3) is 0.263. The van der Waals surface area contributed by atoms with Gasteiger partial charge < -0.3 is 10.0 Å². The smallest absolute Gasteiger partial charge is 0.326 e. The Hall–Kier alpha value is -2.67. The second-order valence-electron chi connectivity index (χ2n) is 6.51. The number of carboxylic acid groups (broad SMARTS) is 1. The fourth-order valence-corrected chi connectivity index (χ4v) is 3.82. The van der Waals surface area contributed by atoms with Crippen molar-refractivity contribution in [1.29, 1.82) is 0 Å². The Balaban J connectivity index is 2.05. The second kappa shape index (κ2) is 6.57. The Bertz CT molecular complexity index is 997. The van der Waals surface area contributed by atoms with Crippen LogP contribution in [0.1, 0.15) is 27.0 Å². The van der Waals surface area contributed by atoms with Crippen LogP contribution in [0.25, 0.3) is 0 Å². The average Bonchev–Trinajstić information content (AvgIpc) is 2.59. The predicted molar refractivity (Wildman–Crippen MR) is 95.7 cm³/mol. The number of carbonyl (C=O) groups excluding carboxylic acids is 1. The number of hydrogen-bond donors (Lipinski definition) is 1. The van der Waals surface area contributed by atoms with Crippen LogP contribution in [-0.2, 0) is 27.6 Å². The van der Waals surface area contributed by atoms with Gasteiger partial charge in [0.15, 0.2) is 9.84 Å². The summed E-state index contributed by atoms with van der Waals surface area (Å²) in [6, 6.07) is 10.8. The van der Waals surface area contributed by atoms with E-state index in [-0.39, 0.29) is 23.4 Å². The molecule has 1 aliphatic rings. The molecule has 2 aromatic rings. The first-order valence-corrected chi connectivity index (χ1v) is 9.99. The Labute approximate surface area is 152 Å². The number of carbonyl (C=O) groups is 2. The van der Waals surface area contributed by atoms with Crippen LogP contribution in [0.15, 0.2) is 47.4 Å². The number of rotatable bonds is 3. The summed E-state index contributed by atoms with van der Waals surface area (Å²) in [6.07, 6.45) is 1.30. The molecule has 7 heteroatoms. The first-order chi connectivity index (χ1) is 12.2. The van der Waals surface area contributed by atoms with Gasteiger partial charge in [-0.05, 0) is 35.7 Å². The maximum atomic E-state index is 13.1. The summed E-state index contributed by atoms with van der Waals surface area (Å²) in [5, 5.41) is 9.59. The molecule has 6 nitrogen and oxygen atoms in total. The van der Waals surface area contributed by atoms with Crippen molar-refractivity contribution in [2.45, 2.75) is 30.8 Å². The highest BCUT2D eigenvalue weighted by molar-refractivity contribution is 7.90. The van der Waals surface area contributed by atoms with E-state index in [2.05, 4.69) is 0 Å². The summed E-state index contributed by atoms with van der Waals surface area (Å²) in [6.45, 7) is 1.88. The molecular weight excluding hydrogens is 354 g/mol. The molecule has 3 rings (SSSR count). The van der Waals surface area contributed by atoms with Crippen molar-refractivity contribution < 1.29 is 23.1 Å². The van der Waals surface area contributed by atoms with Gasteiger partial charge in [-0.2, -0.15) is 0 Å². The number of fused-ring (bicyclic) bond motifs is 1. The van der Waals surface area contributed by atoms with Crippen LogP contribution in [0, 0.1) is 6.92 Å². The largest absolute Gasteiger partial charge is 0.480 e. The van der Waals surface area contributed by atoms with E-state index in [1.165, 1.54) is 17.0 Å². The van der Waals surface area contributed by atoms with Gasteiger partial charge in [0, 0.05) is 24.8 Å². The first-order valence-electron chi connectivity index (χ1n) is 8.10. The van der Waals surface area contributed by atoms with Crippen molar-refractivity contribution in [3.05, 3.63) is 64.7 Å². The third kappa shape index (κ3) is 3.35. The van der Waals surface area contributed by atoms with Crippen LogP contribution < -0.4 is 0 Å². The summed E-state index contributed by atoms with van der Waals surface area (Å²) in [5.74, 6) is -1.56. The van der Waals surface area contributed by atoms with Gasteiger partial charge in [0.1, 0.15) is 6.04 Å². The zero-order chi connectivity index (χ0) is 19.1. The highest BCUT2D eigenvalue weighted by atomic mass is 32.2. The van der Waals surface area contributed by atoms with E-state index in [1.54, 1.807) is 13.0 Å². The number of nitrogens with zero attached hydrogens (tertiary/aromatic N) is 1. The highest BCUT2D eigenvalue weighted by Gasteiger charge is 2.35. The minimum atomic E-state index is -3.47. The minimum Gasteiger partial charge on any atom is -0.480 e.